The molecule has 0 N–H and O–H groups in total. The molecule has 0 amide bonds. The molecule has 1 atom stereocenters. The van der Waals surface area contributed by atoms with E-state index in [1.807, 2.05) is 13.0 Å². The van der Waals surface area contributed by atoms with Gasteiger partial charge in [-0.05, 0) is 30.5 Å². The highest BCUT2D eigenvalue weighted by Crippen LogP contribution is 2.30. The number of alkyl halides is 3. The molecule has 1 aromatic carbocycles. The van der Waals surface area contributed by atoms with Crippen LogP contribution in [-0.4, -0.2) is 47.7 Å². The van der Waals surface area contributed by atoms with Gasteiger partial charge in [-0.2, -0.15) is 13.2 Å². The first-order valence-electron chi connectivity index (χ1n) is 8.85. The maximum Gasteiger partial charge on any atom is 0.416 e. The zero-order valence-corrected chi connectivity index (χ0v) is 15.1. The lowest BCUT2D eigenvalue weighted by Gasteiger charge is -2.35. The first-order chi connectivity index (χ1) is 12.3. The Morgan fingerprint density at radius 2 is 1.69 bits per heavy atom. The van der Waals surface area contributed by atoms with Gasteiger partial charge >= 0.3 is 6.18 Å². The lowest BCUT2D eigenvalue weighted by atomic mass is 9.99. The summed E-state index contributed by atoms with van der Waals surface area (Å²) in [6.07, 6.45) is -4.28. The van der Waals surface area contributed by atoms with E-state index in [0.717, 1.165) is 56.3 Å². The number of halogens is 3. The summed E-state index contributed by atoms with van der Waals surface area (Å²) in [7, 11) is 0. The lowest BCUT2D eigenvalue weighted by molar-refractivity contribution is -0.137. The third-order valence-corrected chi connectivity index (χ3v) is 4.86. The predicted octanol–water partition coefficient (Wildman–Crippen LogP) is 3.92. The summed E-state index contributed by atoms with van der Waals surface area (Å²) in [5.74, 6) is 1.08. The van der Waals surface area contributed by atoms with E-state index in [9.17, 15) is 13.2 Å². The zero-order chi connectivity index (χ0) is 18.7. The van der Waals surface area contributed by atoms with Gasteiger partial charge in [0.15, 0.2) is 5.76 Å². The van der Waals surface area contributed by atoms with Crippen molar-refractivity contribution in [3.63, 3.8) is 0 Å². The smallest absolute Gasteiger partial charge is 0.360 e. The Morgan fingerprint density at radius 3 is 2.23 bits per heavy atom. The third kappa shape index (κ3) is 4.86. The van der Waals surface area contributed by atoms with Crippen molar-refractivity contribution in [3.05, 3.63) is 52.9 Å². The monoisotopic (exact) mass is 367 g/mol. The maximum atomic E-state index is 12.7. The normalized spacial score (nSPS) is 18.2. The molecule has 0 radical (unpaired) electrons. The van der Waals surface area contributed by atoms with E-state index in [0.29, 0.717) is 0 Å². The molecule has 26 heavy (non-hydrogen) atoms. The number of nitrogens with zero attached hydrogens (tertiary/aromatic N) is 3. The highest BCUT2D eigenvalue weighted by atomic mass is 19.4. The van der Waals surface area contributed by atoms with Crippen LogP contribution in [0.2, 0.25) is 0 Å². The molecule has 2 aromatic rings. The number of piperazine rings is 1. The molecule has 1 fully saturated rings. The van der Waals surface area contributed by atoms with Gasteiger partial charge in [-0.25, -0.2) is 0 Å². The Bertz CT molecular complexity index is 704. The maximum absolute atomic E-state index is 12.7. The summed E-state index contributed by atoms with van der Waals surface area (Å²) in [6, 6.07) is 7.48. The molecule has 4 nitrogen and oxygen atoms in total. The van der Waals surface area contributed by atoms with E-state index in [4.69, 9.17) is 4.52 Å². The van der Waals surface area contributed by atoms with Gasteiger partial charge in [-0.1, -0.05) is 24.2 Å². The molecule has 1 aromatic heterocycles. The number of benzene rings is 1. The fourth-order valence-electron chi connectivity index (χ4n) is 3.33. The number of rotatable bonds is 5. The van der Waals surface area contributed by atoms with Crippen LogP contribution in [0.15, 0.2) is 34.9 Å². The van der Waals surface area contributed by atoms with Gasteiger partial charge in [-0.3, -0.25) is 4.90 Å². The van der Waals surface area contributed by atoms with E-state index in [-0.39, 0.29) is 5.92 Å². The summed E-state index contributed by atoms with van der Waals surface area (Å²) in [4.78, 5) is 4.70. The van der Waals surface area contributed by atoms with Crippen molar-refractivity contribution < 1.29 is 17.7 Å². The van der Waals surface area contributed by atoms with E-state index in [1.165, 1.54) is 12.1 Å². The summed E-state index contributed by atoms with van der Waals surface area (Å²) < 4.78 is 43.3. The highest BCUT2D eigenvalue weighted by molar-refractivity contribution is 5.27. The quantitative estimate of drug-likeness (QED) is 0.802. The molecule has 0 aliphatic carbocycles. The number of hydrogen-bond donors (Lipinski definition) is 0. The van der Waals surface area contributed by atoms with Gasteiger partial charge in [0.25, 0.3) is 0 Å². The van der Waals surface area contributed by atoms with Gasteiger partial charge in [-0.15, -0.1) is 0 Å². The van der Waals surface area contributed by atoms with Crippen LogP contribution in [0.4, 0.5) is 13.2 Å². The molecular formula is C19H24F3N3O. The lowest BCUT2D eigenvalue weighted by Crippen LogP contribution is -2.46. The second-order valence-corrected chi connectivity index (χ2v) is 7.03. The van der Waals surface area contributed by atoms with Crippen molar-refractivity contribution in [3.8, 4) is 0 Å². The second kappa shape index (κ2) is 7.80. The van der Waals surface area contributed by atoms with Crippen molar-refractivity contribution in [2.45, 2.75) is 32.5 Å². The van der Waals surface area contributed by atoms with Gasteiger partial charge in [0.05, 0.1) is 17.8 Å². The Labute approximate surface area is 151 Å². The van der Waals surface area contributed by atoms with Gasteiger partial charge < -0.3 is 9.42 Å². The summed E-state index contributed by atoms with van der Waals surface area (Å²) >= 11 is 0. The van der Waals surface area contributed by atoms with Crippen molar-refractivity contribution in [2.24, 2.45) is 0 Å². The molecule has 0 saturated carbocycles. The second-order valence-electron chi connectivity index (χ2n) is 7.03. The van der Waals surface area contributed by atoms with Crippen molar-refractivity contribution in [2.75, 3.05) is 32.7 Å². The van der Waals surface area contributed by atoms with Crippen LogP contribution in [0.3, 0.4) is 0 Å². The van der Waals surface area contributed by atoms with Gasteiger partial charge in [0.2, 0.25) is 0 Å². The molecule has 142 valence electrons. The molecule has 2 heterocycles. The minimum Gasteiger partial charge on any atom is -0.360 e. The molecule has 1 aliphatic heterocycles. The SMILES string of the molecule is Cc1cc(CN2CCN(C[C@@H](C)c3ccc(C(F)(F)F)cc3)CC2)on1. The van der Waals surface area contributed by atoms with Crippen molar-refractivity contribution in [1.29, 1.82) is 0 Å². The Kier molecular flexibility index (Phi) is 5.67. The fourth-order valence-corrected chi connectivity index (χ4v) is 3.33. The molecule has 1 aliphatic rings. The molecule has 0 bridgehead atoms. The van der Waals surface area contributed by atoms with Crippen LogP contribution in [0.5, 0.6) is 0 Å². The van der Waals surface area contributed by atoms with E-state index in [1.54, 1.807) is 12.1 Å². The Hall–Kier alpha value is -1.86. The van der Waals surface area contributed by atoms with Gasteiger partial charge in [0.1, 0.15) is 0 Å². The van der Waals surface area contributed by atoms with Crippen LogP contribution in [0.1, 0.15) is 35.4 Å². The minimum absolute atomic E-state index is 0.195. The minimum atomic E-state index is -4.28. The fraction of sp³-hybridized carbons (Fsp3) is 0.526. The standard InChI is InChI=1S/C19H24F3N3O/c1-14(16-3-5-17(6-4-16)19(20,21)22)12-24-7-9-25(10-8-24)13-18-11-15(2)23-26-18/h3-6,11,14H,7-10,12-13H2,1-2H3/t14-/m1/s1. The largest absolute Gasteiger partial charge is 0.416 e. The Morgan fingerprint density at radius 1 is 1.08 bits per heavy atom. The van der Waals surface area contributed by atoms with Crippen LogP contribution < -0.4 is 0 Å². The molecule has 1 saturated heterocycles. The molecule has 7 heteroatoms. The first-order valence-corrected chi connectivity index (χ1v) is 8.85. The van der Waals surface area contributed by atoms with Crippen LogP contribution in [-0.2, 0) is 12.7 Å². The highest BCUT2D eigenvalue weighted by Gasteiger charge is 2.30. The average Bonchev–Trinajstić information content (AvgIpc) is 3.01. The molecule has 0 spiro atoms. The number of aromatic nitrogens is 1. The van der Waals surface area contributed by atoms with Gasteiger partial charge in [0, 0.05) is 38.8 Å². The van der Waals surface area contributed by atoms with Crippen LogP contribution >= 0.6 is 0 Å². The summed E-state index contributed by atoms with van der Waals surface area (Å²) in [6.45, 7) is 9.36. The van der Waals surface area contributed by atoms with Crippen molar-refractivity contribution in [1.82, 2.24) is 15.0 Å². The summed E-state index contributed by atoms with van der Waals surface area (Å²) in [5, 5.41) is 3.91. The van der Waals surface area contributed by atoms with E-state index < -0.39 is 11.7 Å². The van der Waals surface area contributed by atoms with Crippen LogP contribution in [0.25, 0.3) is 0 Å². The topological polar surface area (TPSA) is 32.5 Å². The predicted molar refractivity (Wildman–Crippen MR) is 92.8 cm³/mol. The summed E-state index contributed by atoms with van der Waals surface area (Å²) in [5.41, 5.74) is 1.24. The van der Waals surface area contributed by atoms with E-state index >= 15 is 0 Å². The number of hydrogen-bond acceptors (Lipinski definition) is 4. The average molecular weight is 367 g/mol. The Balaban J connectivity index is 1.48. The zero-order valence-electron chi connectivity index (χ0n) is 15.1. The van der Waals surface area contributed by atoms with Crippen LogP contribution in [0, 0.1) is 6.92 Å². The molecular weight excluding hydrogens is 343 g/mol. The molecule has 0 unspecified atom stereocenters. The van der Waals surface area contributed by atoms with Crippen molar-refractivity contribution >= 4 is 0 Å². The molecule has 3 rings (SSSR count). The first kappa shape index (κ1) is 18.9. The van der Waals surface area contributed by atoms with E-state index in [2.05, 4.69) is 21.9 Å². The third-order valence-electron chi connectivity index (χ3n) is 4.86. The number of aryl methyl sites for hydroxylation is 1.